The molecule has 1 aliphatic heterocycles. The first-order valence-electron chi connectivity index (χ1n) is 5.63. The predicted molar refractivity (Wildman–Crippen MR) is 65.9 cm³/mol. The Morgan fingerprint density at radius 3 is 2.59 bits per heavy atom. The fraction of sp³-hybridized carbons (Fsp3) is 0.545. The summed E-state index contributed by atoms with van der Waals surface area (Å²) in [4.78, 5) is 6.07. The minimum absolute atomic E-state index is 0.0462. The Bertz CT molecular complexity index is 453. The Morgan fingerprint density at radius 1 is 1.29 bits per heavy atom. The molecular weight excluding hydrogens is 238 g/mol. The first-order chi connectivity index (χ1) is 8.08. The van der Waals surface area contributed by atoms with E-state index in [0.717, 1.165) is 18.7 Å². The summed E-state index contributed by atoms with van der Waals surface area (Å²) in [5.74, 6) is 0.0462. The lowest BCUT2D eigenvalue weighted by Crippen LogP contribution is -2.47. The highest BCUT2D eigenvalue weighted by Crippen LogP contribution is 2.12. The number of likely N-dealkylation sites (N-methyl/N-ethyl adjacent to an activating group) is 1. The summed E-state index contributed by atoms with van der Waals surface area (Å²) >= 11 is 0. The SMILES string of the molecule is CN1CCN(S(=O)(=O)Cc2cccnc2)CC1. The standard InChI is InChI=1S/C11H17N3O2S/c1-13-5-7-14(8-6-13)17(15,16)10-11-3-2-4-12-9-11/h2-4,9H,5-8,10H2,1H3. The van der Waals surface area contributed by atoms with Gasteiger partial charge >= 0.3 is 0 Å². The highest BCUT2D eigenvalue weighted by Gasteiger charge is 2.25. The van der Waals surface area contributed by atoms with Gasteiger partial charge in [0, 0.05) is 38.6 Å². The van der Waals surface area contributed by atoms with Gasteiger partial charge in [-0.25, -0.2) is 8.42 Å². The normalized spacial score (nSPS) is 19.4. The van der Waals surface area contributed by atoms with E-state index in [1.807, 2.05) is 7.05 Å². The van der Waals surface area contributed by atoms with Crippen LogP contribution in [0.3, 0.4) is 0 Å². The summed E-state index contributed by atoms with van der Waals surface area (Å²) in [6.45, 7) is 2.76. The molecule has 1 fully saturated rings. The van der Waals surface area contributed by atoms with Crippen LogP contribution in [0.1, 0.15) is 5.56 Å². The number of nitrogens with zero attached hydrogens (tertiary/aromatic N) is 3. The van der Waals surface area contributed by atoms with Crippen LogP contribution in [0.25, 0.3) is 0 Å². The van der Waals surface area contributed by atoms with Gasteiger partial charge in [0.15, 0.2) is 0 Å². The molecule has 0 N–H and O–H groups in total. The number of pyridine rings is 1. The first kappa shape index (κ1) is 12.5. The molecule has 0 atom stereocenters. The number of piperazine rings is 1. The lowest BCUT2D eigenvalue weighted by atomic mass is 10.3. The molecule has 0 amide bonds. The minimum Gasteiger partial charge on any atom is -0.304 e. The van der Waals surface area contributed by atoms with E-state index in [0.29, 0.717) is 13.1 Å². The molecule has 6 heteroatoms. The molecule has 2 heterocycles. The highest BCUT2D eigenvalue weighted by atomic mass is 32.2. The topological polar surface area (TPSA) is 53.5 Å². The van der Waals surface area contributed by atoms with E-state index in [4.69, 9.17) is 0 Å². The fourth-order valence-corrected chi connectivity index (χ4v) is 3.35. The van der Waals surface area contributed by atoms with Gasteiger partial charge in [0.05, 0.1) is 5.75 Å². The molecule has 0 bridgehead atoms. The van der Waals surface area contributed by atoms with Crippen LogP contribution in [0.15, 0.2) is 24.5 Å². The smallest absolute Gasteiger partial charge is 0.218 e. The van der Waals surface area contributed by atoms with Crippen molar-refractivity contribution in [1.82, 2.24) is 14.2 Å². The van der Waals surface area contributed by atoms with Crippen molar-refractivity contribution in [2.24, 2.45) is 0 Å². The van der Waals surface area contributed by atoms with E-state index in [2.05, 4.69) is 9.88 Å². The van der Waals surface area contributed by atoms with Crippen molar-refractivity contribution >= 4 is 10.0 Å². The number of hydrogen-bond donors (Lipinski definition) is 0. The molecule has 0 saturated carbocycles. The average molecular weight is 255 g/mol. The van der Waals surface area contributed by atoms with Crippen molar-refractivity contribution in [2.75, 3.05) is 33.2 Å². The van der Waals surface area contributed by atoms with Gasteiger partial charge in [-0.05, 0) is 18.7 Å². The summed E-state index contributed by atoms with van der Waals surface area (Å²) in [5.41, 5.74) is 0.742. The molecule has 1 aromatic rings. The van der Waals surface area contributed by atoms with E-state index < -0.39 is 10.0 Å². The predicted octanol–water partition coefficient (Wildman–Crippen LogP) is 0.159. The highest BCUT2D eigenvalue weighted by molar-refractivity contribution is 7.88. The van der Waals surface area contributed by atoms with E-state index in [9.17, 15) is 8.42 Å². The van der Waals surface area contributed by atoms with Crippen LogP contribution in [0.4, 0.5) is 0 Å². The van der Waals surface area contributed by atoms with Gasteiger partial charge in [0.2, 0.25) is 10.0 Å². The molecule has 1 saturated heterocycles. The summed E-state index contributed by atoms with van der Waals surface area (Å²) < 4.78 is 25.9. The van der Waals surface area contributed by atoms with Crippen molar-refractivity contribution in [3.8, 4) is 0 Å². The first-order valence-corrected chi connectivity index (χ1v) is 7.24. The minimum atomic E-state index is -3.19. The molecular formula is C11H17N3O2S. The van der Waals surface area contributed by atoms with Gasteiger partial charge in [-0.15, -0.1) is 0 Å². The van der Waals surface area contributed by atoms with E-state index in [-0.39, 0.29) is 5.75 Å². The molecule has 17 heavy (non-hydrogen) atoms. The molecule has 1 aromatic heterocycles. The maximum absolute atomic E-state index is 12.1. The van der Waals surface area contributed by atoms with Crippen molar-refractivity contribution in [3.63, 3.8) is 0 Å². The number of hydrogen-bond acceptors (Lipinski definition) is 4. The molecule has 0 unspecified atom stereocenters. The van der Waals surface area contributed by atoms with Crippen LogP contribution in [0.5, 0.6) is 0 Å². The zero-order valence-corrected chi connectivity index (χ0v) is 10.7. The number of rotatable bonds is 3. The van der Waals surface area contributed by atoms with Gasteiger partial charge in [-0.3, -0.25) is 4.98 Å². The summed E-state index contributed by atoms with van der Waals surface area (Å²) in [6.07, 6.45) is 3.25. The van der Waals surface area contributed by atoms with Crippen LogP contribution < -0.4 is 0 Å². The Kier molecular flexibility index (Phi) is 3.76. The average Bonchev–Trinajstić information content (AvgIpc) is 2.30. The second kappa shape index (κ2) is 5.12. The van der Waals surface area contributed by atoms with Crippen molar-refractivity contribution in [3.05, 3.63) is 30.1 Å². The van der Waals surface area contributed by atoms with Crippen molar-refractivity contribution in [1.29, 1.82) is 0 Å². The van der Waals surface area contributed by atoms with Crippen molar-refractivity contribution in [2.45, 2.75) is 5.75 Å². The second-order valence-electron chi connectivity index (χ2n) is 4.32. The molecule has 5 nitrogen and oxygen atoms in total. The number of sulfonamides is 1. The summed E-state index contributed by atoms with van der Waals surface area (Å²) in [6, 6.07) is 3.55. The van der Waals surface area contributed by atoms with Crippen LogP contribution >= 0.6 is 0 Å². The summed E-state index contributed by atoms with van der Waals surface area (Å²) in [7, 11) is -1.19. The Hall–Kier alpha value is -0.980. The van der Waals surface area contributed by atoms with E-state index in [1.165, 1.54) is 0 Å². The zero-order valence-electron chi connectivity index (χ0n) is 9.91. The monoisotopic (exact) mass is 255 g/mol. The Labute approximate surface area is 102 Å². The van der Waals surface area contributed by atoms with Gasteiger partial charge in [0.1, 0.15) is 0 Å². The largest absolute Gasteiger partial charge is 0.304 e. The maximum Gasteiger partial charge on any atom is 0.218 e. The molecule has 0 aromatic carbocycles. The van der Waals surface area contributed by atoms with Gasteiger partial charge in [-0.1, -0.05) is 6.07 Å². The molecule has 0 radical (unpaired) electrons. The quantitative estimate of drug-likeness (QED) is 0.772. The molecule has 0 aliphatic carbocycles. The van der Waals surface area contributed by atoms with Crippen LogP contribution in [0, 0.1) is 0 Å². The lowest BCUT2D eigenvalue weighted by Gasteiger charge is -2.31. The molecule has 94 valence electrons. The van der Waals surface area contributed by atoms with Crippen LogP contribution in [-0.4, -0.2) is 55.8 Å². The maximum atomic E-state index is 12.1. The Balaban J connectivity index is 2.04. The zero-order chi connectivity index (χ0) is 12.3. The summed E-state index contributed by atoms with van der Waals surface area (Å²) in [5, 5.41) is 0. The van der Waals surface area contributed by atoms with Crippen LogP contribution in [0.2, 0.25) is 0 Å². The number of aromatic nitrogens is 1. The third kappa shape index (κ3) is 3.24. The van der Waals surface area contributed by atoms with Crippen molar-refractivity contribution < 1.29 is 8.42 Å². The molecule has 0 spiro atoms. The molecule has 2 rings (SSSR count). The van der Waals surface area contributed by atoms with Crippen LogP contribution in [-0.2, 0) is 15.8 Å². The second-order valence-corrected chi connectivity index (χ2v) is 6.29. The third-order valence-corrected chi connectivity index (χ3v) is 4.78. The molecule has 1 aliphatic rings. The van der Waals surface area contributed by atoms with Gasteiger partial charge in [-0.2, -0.15) is 4.31 Å². The van der Waals surface area contributed by atoms with Gasteiger partial charge in [0.25, 0.3) is 0 Å². The Morgan fingerprint density at radius 2 is 2.00 bits per heavy atom. The van der Waals surface area contributed by atoms with Gasteiger partial charge < -0.3 is 4.90 Å². The third-order valence-electron chi connectivity index (χ3n) is 2.93. The van der Waals surface area contributed by atoms with E-state index in [1.54, 1.807) is 28.8 Å². The lowest BCUT2D eigenvalue weighted by molar-refractivity contribution is 0.222. The van der Waals surface area contributed by atoms with E-state index >= 15 is 0 Å². The fourth-order valence-electron chi connectivity index (χ4n) is 1.85.